The number of halogens is 2. The first-order valence-electron chi connectivity index (χ1n) is 9.39. The predicted molar refractivity (Wildman–Crippen MR) is 111 cm³/mol. The second-order valence-corrected chi connectivity index (χ2v) is 7.99. The molecule has 0 radical (unpaired) electrons. The number of amides is 1. The largest absolute Gasteiger partial charge is 0.490 e. The number of aryl methyl sites for hydroxylation is 2. The van der Waals surface area contributed by atoms with Crippen molar-refractivity contribution in [3.8, 4) is 5.75 Å². The molecule has 5 nitrogen and oxygen atoms in total. The van der Waals surface area contributed by atoms with E-state index in [0.29, 0.717) is 41.7 Å². The lowest BCUT2D eigenvalue weighted by Gasteiger charge is -2.32. The number of aromatic nitrogens is 1. The molecule has 1 aliphatic rings. The van der Waals surface area contributed by atoms with Crippen molar-refractivity contribution in [2.24, 2.45) is 7.05 Å². The van der Waals surface area contributed by atoms with Crippen molar-refractivity contribution in [3.05, 3.63) is 62.0 Å². The third kappa shape index (κ3) is 5.09. The number of carbonyl (C=O) groups excluding carboxylic acids is 1. The van der Waals surface area contributed by atoms with Crippen LogP contribution in [0.25, 0.3) is 0 Å². The molecule has 0 aliphatic carbocycles. The molecule has 2 aromatic rings. The van der Waals surface area contributed by atoms with Crippen LogP contribution >= 0.6 is 23.2 Å². The quantitative estimate of drug-likeness (QED) is 0.731. The van der Waals surface area contributed by atoms with Crippen LogP contribution in [0, 0.1) is 6.92 Å². The van der Waals surface area contributed by atoms with Crippen molar-refractivity contribution in [2.75, 3.05) is 13.1 Å². The minimum atomic E-state index is -0.0788. The molecule has 1 aliphatic heterocycles. The molecule has 0 spiro atoms. The second-order valence-electron chi connectivity index (χ2n) is 7.18. The first-order chi connectivity index (χ1) is 13.3. The number of hydrogen-bond donors (Lipinski definition) is 0. The molecule has 0 saturated carbocycles. The Morgan fingerprint density at radius 2 is 1.86 bits per heavy atom. The highest BCUT2D eigenvalue weighted by Crippen LogP contribution is 2.24. The van der Waals surface area contributed by atoms with Gasteiger partial charge in [-0.15, -0.1) is 0 Å². The summed E-state index contributed by atoms with van der Waals surface area (Å²) in [6, 6.07) is 8.85. The van der Waals surface area contributed by atoms with E-state index in [1.54, 1.807) is 17.7 Å². The molecule has 0 atom stereocenters. The molecular weight excluding hydrogens is 399 g/mol. The number of piperidine rings is 1. The summed E-state index contributed by atoms with van der Waals surface area (Å²) < 4.78 is 7.56. The van der Waals surface area contributed by atoms with E-state index in [0.717, 1.165) is 24.1 Å². The van der Waals surface area contributed by atoms with Gasteiger partial charge in [-0.2, -0.15) is 0 Å². The summed E-state index contributed by atoms with van der Waals surface area (Å²) in [5.74, 6) is 0.735. The average Bonchev–Trinajstić information content (AvgIpc) is 2.67. The summed E-state index contributed by atoms with van der Waals surface area (Å²) in [6.45, 7) is 3.20. The number of benzene rings is 1. The zero-order chi connectivity index (χ0) is 20.3. The van der Waals surface area contributed by atoms with Gasteiger partial charge < -0.3 is 14.2 Å². The maximum atomic E-state index is 12.5. The van der Waals surface area contributed by atoms with E-state index >= 15 is 0 Å². The third-order valence-corrected chi connectivity index (χ3v) is 5.92. The van der Waals surface area contributed by atoms with Crippen molar-refractivity contribution in [1.82, 2.24) is 9.47 Å². The predicted octanol–water partition coefficient (Wildman–Crippen LogP) is 4.00. The topological polar surface area (TPSA) is 51.5 Å². The molecular formula is C21H24Cl2N2O3. The zero-order valence-electron chi connectivity index (χ0n) is 16.1. The van der Waals surface area contributed by atoms with Crippen LogP contribution in [0.2, 0.25) is 10.0 Å². The van der Waals surface area contributed by atoms with E-state index < -0.39 is 0 Å². The number of hydrogen-bond acceptors (Lipinski definition) is 3. The minimum absolute atomic E-state index is 0.0191. The summed E-state index contributed by atoms with van der Waals surface area (Å²) in [5, 5.41) is 1.03. The molecule has 150 valence electrons. The Labute approximate surface area is 174 Å². The smallest absolute Gasteiger partial charge is 0.254 e. The fourth-order valence-electron chi connectivity index (χ4n) is 3.32. The van der Waals surface area contributed by atoms with Gasteiger partial charge in [0.15, 0.2) is 0 Å². The van der Waals surface area contributed by atoms with Gasteiger partial charge in [-0.05, 0) is 37.1 Å². The van der Waals surface area contributed by atoms with E-state index in [2.05, 4.69) is 0 Å². The lowest BCUT2D eigenvalue weighted by molar-refractivity contribution is -0.132. The highest BCUT2D eigenvalue weighted by Gasteiger charge is 2.24. The molecule has 1 aromatic heterocycles. The summed E-state index contributed by atoms with van der Waals surface area (Å²) in [6.07, 6.45) is 2.61. The lowest BCUT2D eigenvalue weighted by atomic mass is 10.1. The Morgan fingerprint density at radius 3 is 2.50 bits per heavy atom. The van der Waals surface area contributed by atoms with Crippen LogP contribution < -0.4 is 10.3 Å². The molecule has 7 heteroatoms. The SMILES string of the molecule is Cc1cc(OC2CCN(C(=O)CCc3ccc(Cl)c(Cl)c3)CC2)cc(=O)n1C. The Bertz CT molecular complexity index is 918. The average molecular weight is 423 g/mol. The van der Waals surface area contributed by atoms with Gasteiger partial charge in [-0.25, -0.2) is 0 Å². The summed E-state index contributed by atoms with van der Waals surface area (Å²) in [4.78, 5) is 26.3. The first-order valence-corrected chi connectivity index (χ1v) is 10.1. The number of pyridine rings is 1. The van der Waals surface area contributed by atoms with Crippen molar-refractivity contribution >= 4 is 29.1 Å². The molecule has 1 saturated heterocycles. The first kappa shape index (κ1) is 20.7. The Balaban J connectivity index is 1.48. The maximum absolute atomic E-state index is 12.5. The molecule has 1 fully saturated rings. The zero-order valence-corrected chi connectivity index (χ0v) is 17.6. The van der Waals surface area contributed by atoms with Gasteiger partial charge in [0, 0.05) is 51.2 Å². The van der Waals surface area contributed by atoms with Crippen molar-refractivity contribution in [2.45, 2.75) is 38.7 Å². The van der Waals surface area contributed by atoms with Gasteiger partial charge in [0.2, 0.25) is 5.91 Å². The second kappa shape index (κ2) is 9.01. The van der Waals surface area contributed by atoms with E-state index in [9.17, 15) is 9.59 Å². The van der Waals surface area contributed by atoms with Crippen LogP contribution in [0.1, 0.15) is 30.5 Å². The minimum Gasteiger partial charge on any atom is -0.490 e. The van der Waals surface area contributed by atoms with Gasteiger partial charge in [-0.3, -0.25) is 9.59 Å². The Hall–Kier alpha value is -1.98. The van der Waals surface area contributed by atoms with Crippen LogP contribution in [-0.2, 0) is 18.3 Å². The summed E-state index contributed by atoms with van der Waals surface area (Å²) in [5.41, 5.74) is 1.78. The molecule has 0 unspecified atom stereocenters. The molecule has 0 bridgehead atoms. The van der Waals surface area contributed by atoms with Crippen LogP contribution in [-0.4, -0.2) is 34.6 Å². The van der Waals surface area contributed by atoms with E-state index in [1.807, 2.05) is 30.0 Å². The van der Waals surface area contributed by atoms with Gasteiger partial charge in [0.05, 0.1) is 10.0 Å². The molecule has 3 rings (SSSR count). The van der Waals surface area contributed by atoms with Gasteiger partial charge in [-0.1, -0.05) is 29.3 Å². The molecule has 1 amide bonds. The number of rotatable bonds is 5. The summed E-state index contributed by atoms with van der Waals surface area (Å²) >= 11 is 12.0. The van der Waals surface area contributed by atoms with Crippen molar-refractivity contribution in [3.63, 3.8) is 0 Å². The standard InChI is InChI=1S/C21H24Cl2N2O3/c1-14-11-17(13-21(27)24(14)2)28-16-7-9-25(10-8-16)20(26)6-4-15-3-5-18(22)19(23)12-15/h3,5,11-13,16H,4,6-10H2,1-2H3. The van der Waals surface area contributed by atoms with E-state index in [4.69, 9.17) is 27.9 Å². The monoisotopic (exact) mass is 422 g/mol. The van der Waals surface area contributed by atoms with Crippen LogP contribution in [0.4, 0.5) is 0 Å². The Morgan fingerprint density at radius 1 is 1.14 bits per heavy atom. The van der Waals surface area contributed by atoms with Crippen molar-refractivity contribution < 1.29 is 9.53 Å². The normalized spacial score (nSPS) is 14.9. The van der Waals surface area contributed by atoms with Crippen molar-refractivity contribution in [1.29, 1.82) is 0 Å². The number of likely N-dealkylation sites (tertiary alicyclic amines) is 1. The van der Waals surface area contributed by atoms with E-state index in [1.165, 1.54) is 6.07 Å². The maximum Gasteiger partial charge on any atom is 0.254 e. The number of ether oxygens (including phenoxy) is 1. The molecule has 28 heavy (non-hydrogen) atoms. The van der Waals surface area contributed by atoms with Gasteiger partial charge in [0.25, 0.3) is 5.56 Å². The number of nitrogens with zero attached hydrogens (tertiary/aromatic N) is 2. The fourth-order valence-corrected chi connectivity index (χ4v) is 3.65. The van der Waals surface area contributed by atoms with Crippen LogP contribution in [0.5, 0.6) is 5.75 Å². The lowest BCUT2D eigenvalue weighted by Crippen LogP contribution is -2.42. The molecule has 1 aromatic carbocycles. The fraction of sp³-hybridized carbons (Fsp3) is 0.429. The molecule has 2 heterocycles. The van der Waals surface area contributed by atoms with E-state index in [-0.39, 0.29) is 17.6 Å². The summed E-state index contributed by atoms with van der Waals surface area (Å²) in [7, 11) is 1.74. The highest BCUT2D eigenvalue weighted by atomic mass is 35.5. The van der Waals surface area contributed by atoms with Crippen LogP contribution in [0.3, 0.4) is 0 Å². The Kier molecular flexibility index (Phi) is 6.68. The van der Waals surface area contributed by atoms with Gasteiger partial charge >= 0.3 is 0 Å². The van der Waals surface area contributed by atoms with Gasteiger partial charge in [0.1, 0.15) is 11.9 Å². The van der Waals surface area contributed by atoms with Crippen LogP contribution in [0.15, 0.2) is 35.1 Å². The highest BCUT2D eigenvalue weighted by molar-refractivity contribution is 6.42. The molecule has 0 N–H and O–H groups in total. The third-order valence-electron chi connectivity index (χ3n) is 5.19. The number of carbonyl (C=O) groups is 1.